The minimum Gasteiger partial charge on any atom is -0.228 e. The maximum atomic E-state index is 15.6. The molecule has 0 radical (unpaired) electrons. The summed E-state index contributed by atoms with van der Waals surface area (Å²) >= 11 is 0. The van der Waals surface area contributed by atoms with Gasteiger partial charge in [-0.1, -0.05) is 0 Å². The third kappa shape index (κ3) is 2.70. The molecular formula is C17F30. The highest BCUT2D eigenvalue weighted by molar-refractivity contribution is 5.47. The maximum absolute atomic E-state index is 15.6. The van der Waals surface area contributed by atoms with Crippen molar-refractivity contribution in [2.75, 3.05) is 0 Å². The van der Waals surface area contributed by atoms with Crippen LogP contribution in [0.2, 0.25) is 0 Å². The third-order valence-electron chi connectivity index (χ3n) is 8.04. The van der Waals surface area contributed by atoms with Crippen molar-refractivity contribution in [1.82, 2.24) is 0 Å². The predicted octanol–water partition coefficient (Wildman–Crippen LogP) is 9.32. The van der Waals surface area contributed by atoms with Gasteiger partial charge < -0.3 is 0 Å². The maximum Gasteiger partial charge on any atom is 0.384 e. The molecule has 3 fully saturated rings. The van der Waals surface area contributed by atoms with Crippen molar-refractivity contribution in [3.05, 3.63) is 0 Å². The molecule has 0 heterocycles. The fourth-order valence-corrected chi connectivity index (χ4v) is 5.47. The van der Waals surface area contributed by atoms with Crippen molar-refractivity contribution in [1.29, 1.82) is 0 Å². The lowest BCUT2D eigenvalue weighted by molar-refractivity contribution is -0.604. The van der Waals surface area contributed by atoms with E-state index < -0.39 is 99.7 Å². The minimum atomic E-state index is -11.0. The van der Waals surface area contributed by atoms with Crippen LogP contribution in [0.5, 0.6) is 0 Å². The Hall–Kier alpha value is -2.10. The topological polar surface area (TPSA) is 0 Å². The van der Waals surface area contributed by atoms with Gasteiger partial charge in [0.2, 0.25) is 5.41 Å². The monoisotopic (exact) mass is 774 g/mol. The quantitative estimate of drug-likeness (QED) is 0.246. The third-order valence-corrected chi connectivity index (χ3v) is 8.04. The molecule has 3 aliphatic rings. The molecule has 0 saturated heterocycles. The van der Waals surface area contributed by atoms with Crippen LogP contribution in [0.25, 0.3) is 0 Å². The molecule has 278 valence electrons. The predicted molar refractivity (Wildman–Crippen MR) is 79.4 cm³/mol. The van der Waals surface area contributed by atoms with E-state index >= 15 is 17.6 Å². The summed E-state index contributed by atoms with van der Waals surface area (Å²) in [5.41, 5.74) is -32.1. The Morgan fingerprint density at radius 3 is 0.617 bits per heavy atom. The highest BCUT2D eigenvalue weighted by Crippen LogP contribution is 2.89. The highest BCUT2D eigenvalue weighted by Gasteiger charge is 3.20. The van der Waals surface area contributed by atoms with Gasteiger partial charge in [0.25, 0.3) is 5.67 Å². The van der Waals surface area contributed by atoms with Crippen molar-refractivity contribution in [3.63, 3.8) is 0 Å². The standard InChI is InChI=1S/C17F30/c18-2-1(5(22,23)11(34,35)13(38,39)7(2,26)27,6(24,25)12(36,37)14(40,41)8(2,28)29)4(20,21)3(19)9(30,31)15(42,43)17(46,47)16(44,45)10(3,32)33. The Morgan fingerprint density at radius 1 is 0.213 bits per heavy atom. The molecule has 0 spiro atoms. The molecule has 30 heteroatoms. The van der Waals surface area contributed by atoms with Gasteiger partial charge in [0.1, 0.15) is 0 Å². The van der Waals surface area contributed by atoms with Gasteiger partial charge in [-0.25, -0.2) is 17.6 Å². The fourth-order valence-electron chi connectivity index (χ4n) is 5.47. The second kappa shape index (κ2) is 8.10. The van der Waals surface area contributed by atoms with Crippen LogP contribution in [0.3, 0.4) is 0 Å². The largest absolute Gasteiger partial charge is 0.384 e. The summed E-state index contributed by atoms with van der Waals surface area (Å²) < 4.78 is 430. The Bertz CT molecular complexity index is 1260. The number of hydrogen-bond acceptors (Lipinski definition) is 0. The second-order valence-electron chi connectivity index (χ2n) is 10.1. The molecule has 0 aromatic carbocycles. The first kappa shape index (κ1) is 39.3. The summed E-state index contributed by atoms with van der Waals surface area (Å²) in [6, 6.07) is 0. The Kier molecular flexibility index (Phi) is 6.78. The normalized spacial score (nSPS) is 39.7. The minimum absolute atomic E-state index is 8.92. The van der Waals surface area contributed by atoms with Crippen LogP contribution in [0.4, 0.5) is 132 Å². The number of rotatable bonds is 2. The molecule has 3 rings (SSSR count). The van der Waals surface area contributed by atoms with E-state index in [2.05, 4.69) is 0 Å². The van der Waals surface area contributed by atoms with Crippen LogP contribution in [-0.2, 0) is 0 Å². The first-order valence-electron chi connectivity index (χ1n) is 10.4. The first-order chi connectivity index (χ1) is 19.8. The molecule has 0 aromatic rings. The molecule has 0 aromatic heterocycles. The van der Waals surface area contributed by atoms with E-state index in [0.717, 1.165) is 0 Å². The van der Waals surface area contributed by atoms with E-state index in [1.165, 1.54) is 0 Å². The van der Waals surface area contributed by atoms with E-state index in [1.54, 1.807) is 0 Å². The molecule has 47 heavy (non-hydrogen) atoms. The van der Waals surface area contributed by atoms with E-state index in [1.807, 2.05) is 0 Å². The summed E-state index contributed by atoms with van der Waals surface area (Å²) in [7, 11) is 0. The molecule has 0 amide bonds. The summed E-state index contributed by atoms with van der Waals surface area (Å²) in [6.45, 7) is 0. The van der Waals surface area contributed by atoms with Crippen molar-refractivity contribution in [2.45, 2.75) is 94.3 Å². The Balaban J connectivity index is 2.96. The lowest BCUT2D eigenvalue weighted by Crippen LogP contribution is -3.02. The van der Waals surface area contributed by atoms with Gasteiger partial charge in [-0.3, -0.25) is 0 Å². The van der Waals surface area contributed by atoms with Gasteiger partial charge in [-0.05, 0) is 0 Å². The van der Waals surface area contributed by atoms with Gasteiger partial charge in [0, 0.05) is 0 Å². The lowest BCUT2D eigenvalue weighted by atomic mass is 9.42. The van der Waals surface area contributed by atoms with Crippen LogP contribution < -0.4 is 0 Å². The van der Waals surface area contributed by atoms with Crippen LogP contribution in [0.1, 0.15) is 0 Å². The lowest BCUT2D eigenvalue weighted by Gasteiger charge is -2.69. The molecule has 0 unspecified atom stereocenters. The Labute approximate surface area is 233 Å². The van der Waals surface area contributed by atoms with Gasteiger partial charge in [0.15, 0.2) is 0 Å². The molecule has 0 N–H and O–H groups in total. The SMILES string of the molecule is FC1(F)C(F)(F)C(F)(F)C(F)(C(F)(F)C23C(F)(F)C(F)(F)C(F)(F)C(F)(F)C2(F)C(F)(F)C(F)(F)C(F)(F)C3(F)F)C(F)(F)C1(F)F. The molecular weight excluding hydrogens is 774 g/mol. The molecule has 0 atom stereocenters. The first-order valence-corrected chi connectivity index (χ1v) is 10.4. The fraction of sp³-hybridized carbons (Fsp3) is 1.00. The van der Waals surface area contributed by atoms with Crippen molar-refractivity contribution < 1.29 is 132 Å². The van der Waals surface area contributed by atoms with Crippen molar-refractivity contribution in [2.24, 2.45) is 5.41 Å². The van der Waals surface area contributed by atoms with Gasteiger partial charge in [-0.15, -0.1) is 0 Å². The van der Waals surface area contributed by atoms with Crippen LogP contribution in [-0.4, -0.2) is 94.3 Å². The summed E-state index contributed by atoms with van der Waals surface area (Å²) in [4.78, 5) is 0. The summed E-state index contributed by atoms with van der Waals surface area (Å²) in [5, 5.41) is 0. The average Bonchev–Trinajstić information content (AvgIpc) is 2.84. The molecule has 0 aliphatic heterocycles. The van der Waals surface area contributed by atoms with Crippen molar-refractivity contribution >= 4 is 0 Å². The number of hydrogen-bond donors (Lipinski definition) is 0. The summed E-state index contributed by atoms with van der Waals surface area (Å²) in [6.07, 6.45) is 0. The number of fused-ring (bicyclic) bond motifs is 1. The zero-order valence-corrected chi connectivity index (χ0v) is 19.8. The zero-order valence-electron chi connectivity index (χ0n) is 19.8. The smallest absolute Gasteiger partial charge is 0.228 e. The average molecular weight is 774 g/mol. The molecule has 0 nitrogen and oxygen atoms in total. The van der Waals surface area contributed by atoms with Crippen molar-refractivity contribution in [3.8, 4) is 0 Å². The van der Waals surface area contributed by atoms with E-state index in [0.29, 0.717) is 0 Å². The Morgan fingerprint density at radius 2 is 0.383 bits per heavy atom. The van der Waals surface area contributed by atoms with Crippen LogP contribution >= 0.6 is 0 Å². The zero-order chi connectivity index (χ0) is 38.5. The number of alkyl halides is 30. The second-order valence-corrected chi connectivity index (χ2v) is 10.1. The number of halogens is 30. The van der Waals surface area contributed by atoms with E-state index in [9.17, 15) is 114 Å². The molecule has 0 bridgehead atoms. The van der Waals surface area contributed by atoms with Crippen LogP contribution in [0, 0.1) is 5.41 Å². The molecule has 3 aliphatic carbocycles. The highest BCUT2D eigenvalue weighted by atomic mass is 19.4. The van der Waals surface area contributed by atoms with E-state index in [-0.39, 0.29) is 0 Å². The van der Waals surface area contributed by atoms with Gasteiger partial charge in [0.05, 0.1) is 0 Å². The van der Waals surface area contributed by atoms with Gasteiger partial charge in [-0.2, -0.15) is 114 Å². The molecule has 3 saturated carbocycles. The van der Waals surface area contributed by atoms with Crippen LogP contribution in [0.15, 0.2) is 0 Å². The van der Waals surface area contributed by atoms with Gasteiger partial charge >= 0.3 is 88.6 Å². The summed E-state index contributed by atoms with van der Waals surface area (Å²) in [5.74, 6) is -137. The van der Waals surface area contributed by atoms with E-state index in [4.69, 9.17) is 0 Å².